The van der Waals surface area contributed by atoms with Gasteiger partial charge in [-0.05, 0) is 37.5 Å². The first-order valence-corrected chi connectivity index (χ1v) is 8.93. The van der Waals surface area contributed by atoms with E-state index in [4.69, 9.17) is 8.83 Å². The zero-order valence-electron chi connectivity index (χ0n) is 15.9. The Morgan fingerprint density at radius 1 is 1.00 bits per heavy atom. The molecule has 0 aliphatic heterocycles. The molecule has 0 aliphatic carbocycles. The van der Waals surface area contributed by atoms with Crippen molar-refractivity contribution in [3.63, 3.8) is 0 Å². The number of carboxylic acid groups (broad SMARTS) is 1. The van der Waals surface area contributed by atoms with E-state index in [-0.39, 0.29) is 19.4 Å². The number of fused-ring (bicyclic) bond motifs is 2. The van der Waals surface area contributed by atoms with Crippen molar-refractivity contribution in [2.45, 2.75) is 26.7 Å². The van der Waals surface area contributed by atoms with Crippen LogP contribution in [0.4, 0.5) is 0 Å². The monoisotopic (exact) mass is 399 g/mol. The average Bonchev–Trinajstić information content (AvgIpc) is 3.03. The summed E-state index contributed by atoms with van der Waals surface area (Å²) in [4.78, 5) is 46.0. The van der Waals surface area contributed by atoms with E-state index in [0.717, 1.165) is 21.9 Å². The third-order valence-electron chi connectivity index (χ3n) is 4.65. The van der Waals surface area contributed by atoms with E-state index in [2.05, 4.69) is 10.6 Å². The molecule has 1 aromatic carbocycles. The molecule has 152 valence electrons. The summed E-state index contributed by atoms with van der Waals surface area (Å²) in [6.45, 7) is 2.71. The molecule has 9 nitrogen and oxygen atoms in total. The Labute approximate surface area is 164 Å². The molecule has 2 heterocycles. The Kier molecular flexibility index (Phi) is 5.67. The predicted molar refractivity (Wildman–Crippen MR) is 101 cm³/mol. The van der Waals surface area contributed by atoms with Gasteiger partial charge in [0.2, 0.25) is 11.8 Å². The maximum Gasteiger partial charge on any atom is 0.339 e. The van der Waals surface area contributed by atoms with Crippen molar-refractivity contribution in [2.24, 2.45) is 0 Å². The van der Waals surface area contributed by atoms with Crippen molar-refractivity contribution in [2.75, 3.05) is 13.1 Å². The molecule has 9 heteroatoms. The van der Waals surface area contributed by atoms with E-state index in [1.54, 1.807) is 19.3 Å². The van der Waals surface area contributed by atoms with Gasteiger partial charge in [0.1, 0.15) is 11.2 Å². The molecule has 2 aromatic heterocycles. The van der Waals surface area contributed by atoms with Gasteiger partial charge in [-0.2, -0.15) is 0 Å². The lowest BCUT2D eigenvalue weighted by molar-refractivity contribution is -0.304. The second kappa shape index (κ2) is 8.17. The lowest BCUT2D eigenvalue weighted by Crippen LogP contribution is -2.42. The smallest absolute Gasteiger partial charge is 0.339 e. The first-order chi connectivity index (χ1) is 13.8. The molecule has 0 aliphatic rings. The highest BCUT2D eigenvalue weighted by Gasteiger charge is 2.15. The summed E-state index contributed by atoms with van der Waals surface area (Å²) >= 11 is 0. The summed E-state index contributed by atoms with van der Waals surface area (Å²) < 4.78 is 10.8. The quantitative estimate of drug-likeness (QED) is 0.536. The molecular formula is C20H19N2O7-. The fraction of sp³-hybridized carbons (Fsp3) is 0.300. The van der Waals surface area contributed by atoms with E-state index in [1.807, 2.05) is 13.0 Å². The Hall–Kier alpha value is -3.62. The zero-order valence-corrected chi connectivity index (χ0v) is 15.9. The number of aryl methyl sites for hydroxylation is 2. The molecule has 2 amide bonds. The maximum absolute atomic E-state index is 12.4. The van der Waals surface area contributed by atoms with Gasteiger partial charge in [0.25, 0.3) is 0 Å². The van der Waals surface area contributed by atoms with Gasteiger partial charge in [0.05, 0.1) is 25.3 Å². The molecular weight excluding hydrogens is 380 g/mol. The van der Waals surface area contributed by atoms with Gasteiger partial charge in [-0.3, -0.25) is 9.59 Å². The summed E-state index contributed by atoms with van der Waals surface area (Å²) in [5.41, 5.74) is 2.57. The van der Waals surface area contributed by atoms with Crippen LogP contribution < -0.4 is 21.4 Å². The van der Waals surface area contributed by atoms with Crippen molar-refractivity contribution < 1.29 is 28.3 Å². The van der Waals surface area contributed by atoms with Crippen LogP contribution in [0.15, 0.2) is 32.0 Å². The van der Waals surface area contributed by atoms with Gasteiger partial charge in [-0.1, -0.05) is 0 Å². The highest BCUT2D eigenvalue weighted by atomic mass is 16.4. The van der Waals surface area contributed by atoms with E-state index < -0.39 is 30.0 Å². The molecule has 29 heavy (non-hydrogen) atoms. The number of hydrogen-bond acceptors (Lipinski definition) is 7. The third kappa shape index (κ3) is 4.45. The van der Waals surface area contributed by atoms with E-state index in [0.29, 0.717) is 16.7 Å². The number of rotatable bonds is 7. The molecule has 0 saturated heterocycles. The highest BCUT2D eigenvalue weighted by Crippen LogP contribution is 2.28. The largest absolute Gasteiger partial charge is 0.548 e. The normalized spacial score (nSPS) is 11.0. The lowest BCUT2D eigenvalue weighted by Gasteiger charge is -2.09. The molecule has 0 spiro atoms. The number of carbonyl (C=O) groups excluding carboxylic acids is 3. The molecule has 0 atom stereocenters. The van der Waals surface area contributed by atoms with Crippen LogP contribution in [0.1, 0.15) is 23.1 Å². The average molecular weight is 399 g/mol. The fourth-order valence-electron chi connectivity index (χ4n) is 3.07. The topological polar surface area (TPSA) is 142 Å². The molecule has 0 bridgehead atoms. The van der Waals surface area contributed by atoms with Crippen LogP contribution in [-0.4, -0.2) is 30.9 Å². The minimum absolute atomic E-state index is 0.0299. The van der Waals surface area contributed by atoms with E-state index in [1.165, 1.54) is 0 Å². The van der Waals surface area contributed by atoms with E-state index >= 15 is 0 Å². The molecule has 0 saturated carbocycles. The van der Waals surface area contributed by atoms with E-state index in [9.17, 15) is 24.3 Å². The van der Waals surface area contributed by atoms with Crippen LogP contribution in [0, 0.1) is 13.8 Å². The Bertz CT molecular complexity index is 1170. The minimum atomic E-state index is -1.42. The number of amides is 2. The fourth-order valence-corrected chi connectivity index (χ4v) is 3.07. The van der Waals surface area contributed by atoms with Gasteiger partial charge in [-0.15, -0.1) is 0 Å². The summed E-state index contributed by atoms with van der Waals surface area (Å²) in [6.07, 6.45) is 1.74. The number of aliphatic carboxylic acids is 1. The SMILES string of the molecule is Cc1coc2cc3oc(=O)c(CCC(=O)NCC(=O)NCC(=O)[O-])c(C)c3cc12. The second-order valence-corrected chi connectivity index (χ2v) is 6.68. The first-order valence-electron chi connectivity index (χ1n) is 8.93. The molecule has 0 fully saturated rings. The Morgan fingerprint density at radius 2 is 1.72 bits per heavy atom. The van der Waals surface area contributed by atoms with Crippen molar-refractivity contribution in [1.82, 2.24) is 10.6 Å². The minimum Gasteiger partial charge on any atom is -0.548 e. The summed E-state index contributed by atoms with van der Waals surface area (Å²) in [6, 6.07) is 3.57. The van der Waals surface area contributed by atoms with Crippen LogP contribution in [0.5, 0.6) is 0 Å². The number of hydrogen-bond donors (Lipinski definition) is 2. The lowest BCUT2D eigenvalue weighted by atomic mass is 10.0. The summed E-state index contributed by atoms with van der Waals surface area (Å²) in [5.74, 6) is -2.52. The van der Waals surface area contributed by atoms with Crippen molar-refractivity contribution >= 4 is 39.7 Å². The maximum atomic E-state index is 12.4. The van der Waals surface area contributed by atoms with Gasteiger partial charge in [0.15, 0.2) is 0 Å². The molecule has 3 rings (SSSR count). The predicted octanol–water partition coefficient (Wildman–Crippen LogP) is 0.0709. The summed E-state index contributed by atoms with van der Waals surface area (Å²) in [5, 5.41) is 16.4. The zero-order chi connectivity index (χ0) is 21.1. The Morgan fingerprint density at radius 3 is 2.45 bits per heavy atom. The molecule has 0 radical (unpaired) electrons. The van der Waals surface area contributed by atoms with Crippen LogP contribution in [0.3, 0.4) is 0 Å². The Balaban J connectivity index is 1.71. The third-order valence-corrected chi connectivity index (χ3v) is 4.65. The van der Waals surface area contributed by atoms with Crippen LogP contribution in [-0.2, 0) is 20.8 Å². The molecule has 2 N–H and O–H groups in total. The first kappa shape index (κ1) is 20.1. The second-order valence-electron chi connectivity index (χ2n) is 6.68. The number of carboxylic acids is 1. The number of carbonyl (C=O) groups is 3. The summed E-state index contributed by atoms with van der Waals surface area (Å²) in [7, 11) is 0. The standard InChI is InChI=1S/C20H20N2O7/c1-10-9-28-15-6-16-14(5-13(10)15)11(2)12(20(27)29-16)3-4-17(23)21-7-18(24)22-8-19(25)26/h5-6,9H,3-4,7-8H2,1-2H3,(H,21,23)(H,22,24)(H,25,26)/p-1. The van der Waals surface area contributed by atoms with Gasteiger partial charge < -0.3 is 29.4 Å². The van der Waals surface area contributed by atoms with Crippen LogP contribution in [0.2, 0.25) is 0 Å². The van der Waals surface area contributed by atoms with Crippen LogP contribution >= 0.6 is 0 Å². The van der Waals surface area contributed by atoms with Crippen molar-refractivity contribution in [1.29, 1.82) is 0 Å². The van der Waals surface area contributed by atoms with Gasteiger partial charge in [-0.25, -0.2) is 4.79 Å². The van der Waals surface area contributed by atoms with Gasteiger partial charge >= 0.3 is 5.63 Å². The van der Waals surface area contributed by atoms with Crippen LogP contribution in [0.25, 0.3) is 21.9 Å². The van der Waals surface area contributed by atoms with Crippen molar-refractivity contribution in [3.05, 3.63) is 45.5 Å². The van der Waals surface area contributed by atoms with Crippen molar-refractivity contribution in [3.8, 4) is 0 Å². The number of nitrogens with one attached hydrogen (secondary N) is 2. The van der Waals surface area contributed by atoms with Gasteiger partial charge in [0, 0.05) is 28.8 Å². The molecule has 0 unspecified atom stereocenters. The number of furan rings is 1. The number of benzene rings is 1. The molecule has 3 aromatic rings. The highest BCUT2D eigenvalue weighted by molar-refractivity contribution is 5.96.